The first-order chi connectivity index (χ1) is 14.4. The van der Waals surface area contributed by atoms with E-state index in [1.807, 2.05) is 38.1 Å². The Morgan fingerprint density at radius 3 is 2.43 bits per heavy atom. The van der Waals surface area contributed by atoms with Gasteiger partial charge in [-0.2, -0.15) is 0 Å². The van der Waals surface area contributed by atoms with Gasteiger partial charge in [-0.15, -0.1) is 0 Å². The average Bonchev–Trinajstić information content (AvgIpc) is 2.98. The van der Waals surface area contributed by atoms with Crippen molar-refractivity contribution in [3.63, 3.8) is 0 Å². The van der Waals surface area contributed by atoms with Crippen LogP contribution >= 0.6 is 0 Å². The maximum Gasteiger partial charge on any atom is 0.336 e. The Bertz CT molecular complexity index is 1100. The molecule has 0 unspecified atom stereocenters. The number of nitrogens with zero attached hydrogens (tertiary/aromatic N) is 1. The molecule has 0 saturated carbocycles. The number of amides is 2. The third-order valence-corrected chi connectivity index (χ3v) is 6.04. The smallest absolute Gasteiger partial charge is 0.336 e. The van der Waals surface area contributed by atoms with Crippen LogP contribution in [0.5, 0.6) is 0 Å². The van der Waals surface area contributed by atoms with Crippen LogP contribution < -0.4 is 5.63 Å². The van der Waals surface area contributed by atoms with E-state index in [4.69, 9.17) is 9.15 Å². The molecular weight excluding hydrogens is 386 g/mol. The fraction of sp³-hybridized carbons (Fsp3) is 0.391. The summed E-state index contributed by atoms with van der Waals surface area (Å²) in [5.41, 5.74) is 2.39. The lowest BCUT2D eigenvalue weighted by molar-refractivity contribution is -0.146. The number of likely N-dealkylation sites (tertiary alicyclic amines) is 1. The molecule has 1 aromatic heterocycles. The van der Waals surface area contributed by atoms with Crippen molar-refractivity contribution in [3.05, 3.63) is 57.5 Å². The van der Waals surface area contributed by atoms with Crippen molar-refractivity contribution in [2.24, 2.45) is 11.8 Å². The van der Waals surface area contributed by atoms with Crippen LogP contribution in [-0.2, 0) is 25.7 Å². The number of hydrogen-bond donors (Lipinski definition) is 0. The molecule has 2 amide bonds. The zero-order valence-electron chi connectivity index (χ0n) is 17.0. The fourth-order valence-corrected chi connectivity index (χ4v) is 4.17. The highest BCUT2D eigenvalue weighted by molar-refractivity contribution is 6.05. The first-order valence-corrected chi connectivity index (χ1v) is 10.1. The molecule has 0 N–H and O–H groups in total. The molecule has 0 radical (unpaired) electrons. The van der Waals surface area contributed by atoms with Gasteiger partial charge in [-0.1, -0.05) is 24.3 Å². The van der Waals surface area contributed by atoms with Crippen LogP contribution in [0, 0.1) is 25.7 Å². The summed E-state index contributed by atoms with van der Waals surface area (Å²) in [5, 5.41) is 0.715. The molecule has 1 aromatic carbocycles. The van der Waals surface area contributed by atoms with Crippen LogP contribution in [0.3, 0.4) is 0 Å². The molecule has 2 aliphatic rings. The molecule has 30 heavy (non-hydrogen) atoms. The van der Waals surface area contributed by atoms with Crippen molar-refractivity contribution in [1.82, 2.24) is 4.90 Å². The first-order valence-electron chi connectivity index (χ1n) is 10.1. The minimum absolute atomic E-state index is 0.0134. The van der Waals surface area contributed by atoms with Crippen molar-refractivity contribution < 1.29 is 23.5 Å². The Kier molecular flexibility index (Phi) is 5.28. The van der Waals surface area contributed by atoms with Gasteiger partial charge in [0.05, 0.1) is 18.3 Å². The van der Waals surface area contributed by atoms with E-state index < -0.39 is 11.6 Å². The normalized spacial score (nSPS) is 20.7. The zero-order chi connectivity index (χ0) is 21.4. The van der Waals surface area contributed by atoms with Crippen molar-refractivity contribution >= 4 is 28.8 Å². The van der Waals surface area contributed by atoms with Gasteiger partial charge in [0.25, 0.3) is 0 Å². The summed E-state index contributed by atoms with van der Waals surface area (Å²) >= 11 is 0. The number of fused-ring (bicyclic) bond motifs is 2. The lowest BCUT2D eigenvalue weighted by atomic mass is 9.85. The molecule has 1 fully saturated rings. The number of allylic oxidation sites excluding steroid dienone is 2. The number of rotatable bonds is 5. The largest absolute Gasteiger partial charge is 0.461 e. The molecule has 2 atom stereocenters. The topological polar surface area (TPSA) is 93.9 Å². The minimum Gasteiger partial charge on any atom is -0.461 e. The van der Waals surface area contributed by atoms with Gasteiger partial charge in [0.15, 0.2) is 0 Å². The van der Waals surface area contributed by atoms with Gasteiger partial charge in [-0.3, -0.25) is 19.3 Å². The van der Waals surface area contributed by atoms with Crippen molar-refractivity contribution in [1.29, 1.82) is 0 Å². The van der Waals surface area contributed by atoms with Gasteiger partial charge < -0.3 is 9.15 Å². The molecule has 7 nitrogen and oxygen atoms in total. The van der Waals surface area contributed by atoms with Crippen molar-refractivity contribution in [3.8, 4) is 0 Å². The highest BCUT2D eigenvalue weighted by Crippen LogP contribution is 2.35. The Labute approximate surface area is 173 Å². The second kappa shape index (κ2) is 7.89. The quantitative estimate of drug-likeness (QED) is 0.326. The number of carbonyl (C=O) groups is 3. The Hall–Kier alpha value is -3.22. The zero-order valence-corrected chi connectivity index (χ0v) is 17.0. The van der Waals surface area contributed by atoms with Gasteiger partial charge in [-0.25, -0.2) is 4.79 Å². The number of imide groups is 1. The highest BCUT2D eigenvalue weighted by atomic mass is 16.5. The second-order valence-electron chi connectivity index (χ2n) is 7.87. The minimum atomic E-state index is -0.533. The van der Waals surface area contributed by atoms with Gasteiger partial charge in [0.2, 0.25) is 11.8 Å². The van der Waals surface area contributed by atoms with E-state index in [1.54, 1.807) is 0 Å². The maximum absolute atomic E-state index is 12.5. The van der Waals surface area contributed by atoms with Crippen LogP contribution in [0.15, 0.2) is 39.6 Å². The van der Waals surface area contributed by atoms with E-state index >= 15 is 0 Å². The molecule has 1 saturated heterocycles. The van der Waals surface area contributed by atoms with Gasteiger partial charge in [0.1, 0.15) is 12.2 Å². The molecular formula is C23H23NO6. The fourth-order valence-electron chi connectivity index (χ4n) is 4.17. The molecule has 7 heteroatoms. The van der Waals surface area contributed by atoms with Crippen molar-refractivity contribution in [2.75, 3.05) is 6.54 Å². The Balaban J connectivity index is 1.40. The second-order valence-corrected chi connectivity index (χ2v) is 7.87. The third kappa shape index (κ3) is 3.56. The molecule has 1 aliphatic heterocycles. The van der Waals surface area contributed by atoms with E-state index in [9.17, 15) is 19.2 Å². The van der Waals surface area contributed by atoms with Crippen LogP contribution in [0.25, 0.3) is 11.0 Å². The summed E-state index contributed by atoms with van der Waals surface area (Å²) in [5.74, 6) is -1.56. The molecule has 156 valence electrons. The lowest BCUT2D eigenvalue weighted by Crippen LogP contribution is -2.33. The number of benzene rings is 1. The summed E-state index contributed by atoms with van der Waals surface area (Å²) in [6, 6.07) is 5.07. The first kappa shape index (κ1) is 20.1. The van der Waals surface area contributed by atoms with E-state index in [-0.39, 0.29) is 43.2 Å². The molecule has 2 aromatic rings. The molecule has 2 heterocycles. The predicted octanol–water partition coefficient (Wildman–Crippen LogP) is 2.79. The highest BCUT2D eigenvalue weighted by Gasteiger charge is 2.46. The summed E-state index contributed by atoms with van der Waals surface area (Å²) in [6.45, 7) is 3.72. The van der Waals surface area contributed by atoms with Crippen LogP contribution in [0.2, 0.25) is 0 Å². The molecule has 0 bridgehead atoms. The Morgan fingerprint density at radius 1 is 1.10 bits per heavy atom. The summed E-state index contributed by atoms with van der Waals surface area (Å²) in [7, 11) is 0. The van der Waals surface area contributed by atoms with Gasteiger partial charge >= 0.3 is 11.6 Å². The van der Waals surface area contributed by atoms with Crippen LogP contribution in [-0.4, -0.2) is 29.2 Å². The predicted molar refractivity (Wildman–Crippen MR) is 108 cm³/mol. The number of esters is 1. The summed E-state index contributed by atoms with van der Waals surface area (Å²) in [6.07, 6.45) is 4.90. The summed E-state index contributed by atoms with van der Waals surface area (Å²) in [4.78, 5) is 50.3. The van der Waals surface area contributed by atoms with E-state index in [0.29, 0.717) is 29.4 Å². The number of carbonyl (C=O) groups excluding carboxylic acids is 3. The number of aryl methyl sites for hydroxylation is 2. The molecule has 4 rings (SSSR count). The van der Waals surface area contributed by atoms with Gasteiger partial charge in [-0.05, 0) is 37.8 Å². The van der Waals surface area contributed by atoms with E-state index in [2.05, 4.69) is 0 Å². The monoisotopic (exact) mass is 409 g/mol. The number of hydrogen-bond acceptors (Lipinski definition) is 6. The SMILES string of the molecule is Cc1ccc2c(COC(=O)CCN3C(=O)[C@H]4CC=CC[C@@H]4C3=O)cc(=O)oc2c1C. The maximum atomic E-state index is 12.5. The van der Waals surface area contributed by atoms with Gasteiger partial charge in [0, 0.05) is 23.6 Å². The van der Waals surface area contributed by atoms with Crippen LogP contribution in [0.1, 0.15) is 36.0 Å². The number of ether oxygens (including phenoxy) is 1. The van der Waals surface area contributed by atoms with Crippen molar-refractivity contribution in [2.45, 2.75) is 39.7 Å². The molecule has 0 spiro atoms. The lowest BCUT2D eigenvalue weighted by Gasteiger charge is -2.14. The van der Waals surface area contributed by atoms with Crippen LogP contribution in [0.4, 0.5) is 0 Å². The Morgan fingerprint density at radius 2 is 1.77 bits per heavy atom. The standard InChI is InChI=1S/C23H23NO6/c1-13-7-8-16-15(11-20(26)30-21(16)14(13)2)12-29-19(25)9-10-24-22(27)17-5-3-4-6-18(17)23(24)28/h3-4,7-8,11,17-18H,5-6,9-10,12H2,1-2H3/t17-,18-/m0/s1. The third-order valence-electron chi connectivity index (χ3n) is 6.04. The van der Waals surface area contributed by atoms with E-state index in [0.717, 1.165) is 11.1 Å². The molecule has 1 aliphatic carbocycles. The summed E-state index contributed by atoms with van der Waals surface area (Å²) < 4.78 is 10.7. The van der Waals surface area contributed by atoms with E-state index in [1.165, 1.54) is 11.0 Å². The average molecular weight is 409 g/mol.